The number of nitrogens with one attached hydrogen (secondary N) is 1. The predicted octanol–water partition coefficient (Wildman–Crippen LogP) is 1.94. The Morgan fingerprint density at radius 3 is 2.79 bits per heavy atom. The fourth-order valence-electron chi connectivity index (χ4n) is 1.12. The summed E-state index contributed by atoms with van der Waals surface area (Å²) >= 11 is 0. The minimum atomic E-state index is 0.763. The Kier molecular flexibility index (Phi) is 5.71. The molecule has 0 unspecified atom stereocenters. The fraction of sp³-hybridized carbons (Fsp3) is 0.333. The summed E-state index contributed by atoms with van der Waals surface area (Å²) in [5, 5.41) is 3.24. The molecule has 0 radical (unpaired) electrons. The summed E-state index contributed by atoms with van der Waals surface area (Å²) in [5.41, 5.74) is 1.24. The smallest absolute Gasteiger partial charge is 0.0587 e. The molecule has 2 nitrogen and oxygen atoms in total. The van der Waals surface area contributed by atoms with Crippen LogP contribution in [0.5, 0.6) is 0 Å². The highest BCUT2D eigenvalue weighted by Gasteiger charge is 1.83. The van der Waals surface area contributed by atoms with Crippen LogP contribution in [0.15, 0.2) is 36.4 Å². The van der Waals surface area contributed by atoms with Crippen molar-refractivity contribution >= 4 is 6.08 Å². The van der Waals surface area contributed by atoms with Crippen molar-refractivity contribution in [1.29, 1.82) is 0 Å². The van der Waals surface area contributed by atoms with E-state index in [1.807, 2.05) is 18.2 Å². The highest BCUT2D eigenvalue weighted by molar-refractivity contribution is 5.48. The molecule has 0 fully saturated rings. The van der Waals surface area contributed by atoms with Crippen molar-refractivity contribution in [2.45, 2.75) is 0 Å². The summed E-state index contributed by atoms with van der Waals surface area (Å²) in [4.78, 5) is 0. The Morgan fingerprint density at radius 1 is 1.29 bits per heavy atom. The fourth-order valence-corrected chi connectivity index (χ4v) is 1.12. The summed E-state index contributed by atoms with van der Waals surface area (Å²) < 4.78 is 4.92. The molecule has 1 N–H and O–H groups in total. The normalized spacial score (nSPS) is 10.9. The molecule has 0 atom stereocenters. The second kappa shape index (κ2) is 7.30. The molecule has 0 heterocycles. The van der Waals surface area contributed by atoms with Gasteiger partial charge in [0.2, 0.25) is 0 Å². The lowest BCUT2D eigenvalue weighted by Gasteiger charge is -1.98. The second-order valence-corrected chi connectivity index (χ2v) is 3.01. The number of rotatable bonds is 6. The Hall–Kier alpha value is -1.12. The van der Waals surface area contributed by atoms with E-state index < -0.39 is 0 Å². The van der Waals surface area contributed by atoms with Crippen LogP contribution in [0.2, 0.25) is 0 Å². The summed E-state index contributed by atoms with van der Waals surface area (Å²) in [5.74, 6) is 0. The quantitative estimate of drug-likeness (QED) is 0.694. The van der Waals surface area contributed by atoms with Crippen LogP contribution in [-0.2, 0) is 4.74 Å². The molecule has 0 saturated carbocycles. The molecule has 0 aliphatic carbocycles. The van der Waals surface area contributed by atoms with Crippen LogP contribution in [0.3, 0.4) is 0 Å². The highest BCUT2D eigenvalue weighted by Crippen LogP contribution is 1.99. The van der Waals surface area contributed by atoms with Crippen LogP contribution in [0.4, 0.5) is 0 Å². The Morgan fingerprint density at radius 2 is 2.07 bits per heavy atom. The number of benzene rings is 1. The van der Waals surface area contributed by atoms with Crippen LogP contribution in [0, 0.1) is 0 Å². The van der Waals surface area contributed by atoms with Crippen molar-refractivity contribution in [3.63, 3.8) is 0 Å². The molecule has 0 spiro atoms. The molecule has 0 aromatic heterocycles. The largest absolute Gasteiger partial charge is 0.383 e. The van der Waals surface area contributed by atoms with E-state index in [9.17, 15) is 0 Å². The summed E-state index contributed by atoms with van der Waals surface area (Å²) in [7, 11) is 1.71. The van der Waals surface area contributed by atoms with E-state index in [1.165, 1.54) is 5.56 Å². The van der Waals surface area contributed by atoms with E-state index in [0.29, 0.717) is 0 Å². The van der Waals surface area contributed by atoms with Crippen LogP contribution < -0.4 is 5.32 Å². The van der Waals surface area contributed by atoms with Gasteiger partial charge in [0.15, 0.2) is 0 Å². The third-order valence-electron chi connectivity index (χ3n) is 1.86. The SMILES string of the molecule is COCCNC/C=C/c1ccccc1. The van der Waals surface area contributed by atoms with Gasteiger partial charge in [0, 0.05) is 20.2 Å². The molecule has 1 aromatic carbocycles. The van der Waals surface area contributed by atoms with E-state index in [0.717, 1.165) is 19.7 Å². The Labute approximate surface area is 85.6 Å². The number of hydrogen-bond donors (Lipinski definition) is 1. The minimum Gasteiger partial charge on any atom is -0.383 e. The molecular weight excluding hydrogens is 174 g/mol. The van der Waals surface area contributed by atoms with Gasteiger partial charge in [0.05, 0.1) is 6.61 Å². The summed E-state index contributed by atoms with van der Waals surface area (Å²) in [6, 6.07) is 10.3. The van der Waals surface area contributed by atoms with Crippen LogP contribution in [0.25, 0.3) is 6.08 Å². The van der Waals surface area contributed by atoms with Crippen molar-refractivity contribution in [1.82, 2.24) is 5.32 Å². The third kappa shape index (κ3) is 4.80. The molecule has 1 rings (SSSR count). The maximum Gasteiger partial charge on any atom is 0.0587 e. The van der Waals surface area contributed by atoms with Gasteiger partial charge in [-0.1, -0.05) is 42.5 Å². The van der Waals surface area contributed by atoms with Gasteiger partial charge in [-0.2, -0.15) is 0 Å². The van der Waals surface area contributed by atoms with Crippen molar-refractivity contribution < 1.29 is 4.74 Å². The first kappa shape index (κ1) is 11.0. The lowest BCUT2D eigenvalue weighted by molar-refractivity contribution is 0.200. The molecule has 0 aliphatic heterocycles. The lowest BCUT2D eigenvalue weighted by Crippen LogP contribution is -2.18. The van der Waals surface area contributed by atoms with E-state index >= 15 is 0 Å². The van der Waals surface area contributed by atoms with Crippen molar-refractivity contribution in [2.24, 2.45) is 0 Å². The number of ether oxygens (including phenoxy) is 1. The summed E-state index contributed by atoms with van der Waals surface area (Å²) in [6.45, 7) is 2.55. The third-order valence-corrected chi connectivity index (χ3v) is 1.86. The zero-order chi connectivity index (χ0) is 10.1. The first-order valence-corrected chi connectivity index (χ1v) is 4.84. The van der Waals surface area contributed by atoms with Gasteiger partial charge in [-0.3, -0.25) is 0 Å². The minimum absolute atomic E-state index is 0.763. The number of methoxy groups -OCH3 is 1. The monoisotopic (exact) mass is 191 g/mol. The molecule has 0 bridgehead atoms. The van der Waals surface area contributed by atoms with E-state index in [1.54, 1.807) is 7.11 Å². The average Bonchev–Trinajstić information content (AvgIpc) is 2.25. The number of hydrogen-bond acceptors (Lipinski definition) is 2. The van der Waals surface area contributed by atoms with Gasteiger partial charge >= 0.3 is 0 Å². The van der Waals surface area contributed by atoms with E-state index in [-0.39, 0.29) is 0 Å². The van der Waals surface area contributed by atoms with E-state index in [4.69, 9.17) is 4.74 Å². The summed E-state index contributed by atoms with van der Waals surface area (Å²) in [6.07, 6.45) is 4.23. The average molecular weight is 191 g/mol. The first-order valence-electron chi connectivity index (χ1n) is 4.84. The maximum absolute atomic E-state index is 4.92. The van der Waals surface area contributed by atoms with Crippen LogP contribution >= 0.6 is 0 Å². The molecule has 1 aromatic rings. The molecule has 0 saturated heterocycles. The lowest BCUT2D eigenvalue weighted by atomic mass is 10.2. The standard InChI is InChI=1S/C12H17NO/c1-14-11-10-13-9-5-8-12-6-3-2-4-7-12/h2-8,13H,9-11H2,1H3/b8-5+. The molecule has 14 heavy (non-hydrogen) atoms. The highest BCUT2D eigenvalue weighted by atomic mass is 16.5. The Balaban J connectivity index is 2.15. The zero-order valence-corrected chi connectivity index (χ0v) is 8.57. The molecule has 2 heteroatoms. The second-order valence-electron chi connectivity index (χ2n) is 3.01. The van der Waals surface area contributed by atoms with Gasteiger partial charge in [-0.15, -0.1) is 0 Å². The van der Waals surface area contributed by atoms with Crippen LogP contribution in [-0.4, -0.2) is 26.8 Å². The predicted molar refractivity (Wildman–Crippen MR) is 60.2 cm³/mol. The van der Waals surface area contributed by atoms with Gasteiger partial charge in [-0.25, -0.2) is 0 Å². The van der Waals surface area contributed by atoms with Gasteiger partial charge in [-0.05, 0) is 5.56 Å². The van der Waals surface area contributed by atoms with Crippen LogP contribution in [0.1, 0.15) is 5.56 Å². The van der Waals surface area contributed by atoms with Gasteiger partial charge in [0.25, 0.3) is 0 Å². The molecule has 0 amide bonds. The topological polar surface area (TPSA) is 21.3 Å². The van der Waals surface area contributed by atoms with E-state index in [2.05, 4.69) is 29.6 Å². The van der Waals surface area contributed by atoms with Gasteiger partial charge < -0.3 is 10.1 Å². The van der Waals surface area contributed by atoms with Crippen molar-refractivity contribution in [3.05, 3.63) is 42.0 Å². The first-order chi connectivity index (χ1) is 6.93. The maximum atomic E-state index is 4.92. The molecular formula is C12H17NO. The van der Waals surface area contributed by atoms with Crippen molar-refractivity contribution in [2.75, 3.05) is 26.8 Å². The Bertz CT molecular complexity index is 256. The zero-order valence-electron chi connectivity index (χ0n) is 8.57. The van der Waals surface area contributed by atoms with Crippen molar-refractivity contribution in [3.8, 4) is 0 Å². The van der Waals surface area contributed by atoms with Gasteiger partial charge in [0.1, 0.15) is 0 Å². The molecule has 76 valence electrons. The molecule has 0 aliphatic rings.